The van der Waals surface area contributed by atoms with E-state index in [1.54, 1.807) is 12.1 Å². The fourth-order valence-electron chi connectivity index (χ4n) is 2.38. The minimum atomic E-state index is -0.447. The van der Waals surface area contributed by atoms with Crippen molar-refractivity contribution in [3.05, 3.63) is 80.4 Å². The molecule has 0 spiro atoms. The molecule has 0 radical (unpaired) electrons. The lowest BCUT2D eigenvalue weighted by molar-refractivity contribution is -0.147. The molecule has 1 atom stereocenters. The van der Waals surface area contributed by atoms with Gasteiger partial charge in [-0.25, -0.2) is 4.39 Å². The van der Waals surface area contributed by atoms with Crippen LogP contribution in [0.25, 0.3) is 0 Å². The van der Waals surface area contributed by atoms with E-state index in [0.29, 0.717) is 0 Å². The Morgan fingerprint density at radius 3 is 2.42 bits per heavy atom. The van der Waals surface area contributed by atoms with Gasteiger partial charge in [-0.3, -0.25) is 9.59 Å². The van der Waals surface area contributed by atoms with E-state index < -0.39 is 17.9 Å². The van der Waals surface area contributed by atoms with Crippen LogP contribution < -0.4 is 5.32 Å². The average molecular weight is 389 g/mol. The predicted octanol–water partition coefficient (Wildman–Crippen LogP) is 3.94. The van der Waals surface area contributed by atoms with Gasteiger partial charge in [0.15, 0.2) is 6.61 Å². The summed E-state index contributed by atoms with van der Waals surface area (Å²) in [5.74, 6) is -1.20. The second-order valence-corrected chi connectivity index (χ2v) is 7.50. The molecule has 1 N–H and O–H groups in total. The molecule has 0 bridgehead atoms. The van der Waals surface area contributed by atoms with Crippen LogP contribution in [0.1, 0.15) is 21.4 Å². The molecule has 4 nitrogen and oxygen atoms in total. The first-order valence-electron chi connectivity index (χ1n) is 7.88. The van der Waals surface area contributed by atoms with Crippen LogP contribution in [0, 0.1) is 5.82 Å². The molecule has 134 valence electrons. The fraction of sp³-hybridized carbons (Fsp3) is 0.158. The van der Waals surface area contributed by atoms with E-state index in [1.807, 2.05) is 35.0 Å². The van der Waals surface area contributed by atoms with Gasteiger partial charge in [0.25, 0.3) is 5.91 Å². The molecule has 0 saturated carbocycles. The summed E-state index contributed by atoms with van der Waals surface area (Å²) in [6.07, 6.45) is 0.150. The van der Waals surface area contributed by atoms with Crippen LogP contribution in [0.5, 0.6) is 0 Å². The lowest BCUT2D eigenvalue weighted by atomic mass is 10.1. The van der Waals surface area contributed by atoms with Gasteiger partial charge in [-0.05, 0) is 40.6 Å². The standard InChI is InChI=1S/C19H16FNO3S2/c20-14-7-5-13(6-8-14)19(16-4-2-10-26-16)21-17(22)12-24-18(23)11-15-3-1-9-25-15/h1-10,19H,11-12H2,(H,21,22)/t19-/m1/s1. The fourth-order valence-corrected chi connectivity index (χ4v) is 3.88. The first-order chi connectivity index (χ1) is 12.6. The minimum absolute atomic E-state index is 0.150. The molecule has 1 amide bonds. The number of ether oxygens (including phenoxy) is 1. The maximum Gasteiger partial charge on any atom is 0.311 e. The molecule has 0 unspecified atom stereocenters. The molecular weight excluding hydrogens is 373 g/mol. The van der Waals surface area contributed by atoms with Gasteiger partial charge in [-0.15, -0.1) is 22.7 Å². The smallest absolute Gasteiger partial charge is 0.311 e. The number of benzene rings is 1. The van der Waals surface area contributed by atoms with Crippen LogP contribution in [-0.4, -0.2) is 18.5 Å². The van der Waals surface area contributed by atoms with Crippen molar-refractivity contribution in [1.82, 2.24) is 5.32 Å². The molecule has 0 saturated heterocycles. The normalized spacial score (nSPS) is 11.7. The number of rotatable bonds is 7. The molecule has 0 aliphatic heterocycles. The second kappa shape index (κ2) is 8.73. The molecule has 7 heteroatoms. The Hall–Kier alpha value is -2.51. The Labute approximate surface area is 158 Å². The summed E-state index contributed by atoms with van der Waals surface area (Å²) in [5.41, 5.74) is 0.757. The highest BCUT2D eigenvalue weighted by Crippen LogP contribution is 2.26. The number of nitrogens with one attached hydrogen (secondary N) is 1. The zero-order valence-electron chi connectivity index (χ0n) is 13.7. The molecule has 0 fully saturated rings. The molecule has 0 aliphatic carbocycles. The summed E-state index contributed by atoms with van der Waals surface area (Å²) in [6, 6.07) is 13.0. The Morgan fingerprint density at radius 1 is 1.04 bits per heavy atom. The SMILES string of the molecule is O=C(COC(=O)Cc1cccs1)N[C@H](c1ccc(F)cc1)c1cccs1. The number of carbonyl (C=O) groups excluding carboxylic acids is 2. The van der Waals surface area contributed by atoms with Crippen molar-refractivity contribution in [2.45, 2.75) is 12.5 Å². The highest BCUT2D eigenvalue weighted by molar-refractivity contribution is 7.10. The highest BCUT2D eigenvalue weighted by atomic mass is 32.1. The van der Waals surface area contributed by atoms with Crippen molar-refractivity contribution in [2.24, 2.45) is 0 Å². The maximum atomic E-state index is 13.2. The number of amides is 1. The van der Waals surface area contributed by atoms with E-state index in [2.05, 4.69) is 5.32 Å². The lowest BCUT2D eigenvalue weighted by Crippen LogP contribution is -2.32. The highest BCUT2D eigenvalue weighted by Gasteiger charge is 2.19. The zero-order chi connectivity index (χ0) is 18.4. The van der Waals surface area contributed by atoms with E-state index in [1.165, 1.54) is 34.8 Å². The van der Waals surface area contributed by atoms with Crippen molar-refractivity contribution in [1.29, 1.82) is 0 Å². The molecule has 3 rings (SSSR count). The van der Waals surface area contributed by atoms with Crippen LogP contribution in [0.2, 0.25) is 0 Å². The van der Waals surface area contributed by atoms with Crippen LogP contribution in [0.15, 0.2) is 59.3 Å². The molecule has 2 heterocycles. The summed E-state index contributed by atoms with van der Waals surface area (Å²) in [5, 5.41) is 6.62. The third-order valence-corrected chi connectivity index (χ3v) is 5.41. The maximum absolute atomic E-state index is 13.2. The minimum Gasteiger partial charge on any atom is -0.455 e. The van der Waals surface area contributed by atoms with Crippen molar-refractivity contribution < 1.29 is 18.7 Å². The Kier molecular flexibility index (Phi) is 6.14. The Bertz CT molecular complexity index is 846. The summed E-state index contributed by atoms with van der Waals surface area (Å²) in [6.45, 7) is -0.354. The molecule has 3 aromatic rings. The van der Waals surface area contributed by atoms with E-state index in [9.17, 15) is 14.0 Å². The first-order valence-corrected chi connectivity index (χ1v) is 9.64. The van der Waals surface area contributed by atoms with Crippen molar-refractivity contribution in [2.75, 3.05) is 6.61 Å². The number of hydrogen-bond donors (Lipinski definition) is 1. The zero-order valence-corrected chi connectivity index (χ0v) is 15.3. The monoisotopic (exact) mass is 389 g/mol. The van der Waals surface area contributed by atoms with Gasteiger partial charge in [0, 0.05) is 9.75 Å². The number of thiophene rings is 2. The molecule has 1 aromatic carbocycles. The summed E-state index contributed by atoms with van der Waals surface area (Å²) < 4.78 is 18.2. The number of hydrogen-bond acceptors (Lipinski definition) is 5. The lowest BCUT2D eigenvalue weighted by Gasteiger charge is -2.18. The van der Waals surface area contributed by atoms with E-state index >= 15 is 0 Å². The van der Waals surface area contributed by atoms with Crippen LogP contribution >= 0.6 is 22.7 Å². The van der Waals surface area contributed by atoms with Gasteiger partial charge in [0.1, 0.15) is 5.82 Å². The number of halogens is 1. The van der Waals surface area contributed by atoms with Crippen molar-refractivity contribution in [3.63, 3.8) is 0 Å². The van der Waals surface area contributed by atoms with Gasteiger partial charge in [0.2, 0.25) is 0 Å². The van der Waals surface area contributed by atoms with Crippen molar-refractivity contribution in [3.8, 4) is 0 Å². The average Bonchev–Trinajstić information content (AvgIpc) is 3.33. The van der Waals surface area contributed by atoms with Gasteiger partial charge < -0.3 is 10.1 Å². The first kappa shape index (κ1) is 18.3. The Morgan fingerprint density at radius 2 is 1.77 bits per heavy atom. The third-order valence-electron chi connectivity index (χ3n) is 3.60. The van der Waals surface area contributed by atoms with E-state index in [-0.39, 0.29) is 18.8 Å². The van der Waals surface area contributed by atoms with Crippen LogP contribution in [0.4, 0.5) is 4.39 Å². The topological polar surface area (TPSA) is 55.4 Å². The molecule has 2 aromatic heterocycles. The van der Waals surface area contributed by atoms with Crippen molar-refractivity contribution >= 4 is 34.6 Å². The predicted molar refractivity (Wildman–Crippen MR) is 99.7 cm³/mol. The van der Waals surface area contributed by atoms with Crippen LogP contribution in [-0.2, 0) is 20.7 Å². The van der Waals surface area contributed by atoms with E-state index in [0.717, 1.165) is 15.3 Å². The molecule has 0 aliphatic rings. The van der Waals surface area contributed by atoms with E-state index in [4.69, 9.17) is 4.74 Å². The van der Waals surface area contributed by atoms with Gasteiger partial charge in [-0.2, -0.15) is 0 Å². The summed E-state index contributed by atoms with van der Waals surface area (Å²) in [4.78, 5) is 25.8. The number of carbonyl (C=O) groups is 2. The van der Waals surface area contributed by atoms with Gasteiger partial charge in [-0.1, -0.05) is 24.3 Å². The largest absolute Gasteiger partial charge is 0.455 e. The molecule has 26 heavy (non-hydrogen) atoms. The Balaban J connectivity index is 1.60. The van der Waals surface area contributed by atoms with Gasteiger partial charge in [0.05, 0.1) is 12.5 Å². The van der Waals surface area contributed by atoms with Gasteiger partial charge >= 0.3 is 5.97 Å². The third kappa shape index (κ3) is 5.00. The summed E-state index contributed by atoms with van der Waals surface area (Å²) in [7, 11) is 0. The summed E-state index contributed by atoms with van der Waals surface area (Å²) >= 11 is 2.95. The van der Waals surface area contributed by atoms with Crippen LogP contribution in [0.3, 0.4) is 0 Å². The molecular formula is C19H16FNO3S2. The second-order valence-electron chi connectivity index (χ2n) is 5.48. The quantitative estimate of drug-likeness (QED) is 0.623. The number of esters is 1.